The van der Waals surface area contributed by atoms with Crippen LogP contribution in [0.3, 0.4) is 0 Å². The molecule has 0 atom stereocenters. The van der Waals surface area contributed by atoms with Crippen LogP contribution in [0.25, 0.3) is 0 Å². The number of hydrogen-bond donors (Lipinski definition) is 0. The van der Waals surface area contributed by atoms with Gasteiger partial charge >= 0.3 is 0 Å². The van der Waals surface area contributed by atoms with E-state index in [0.29, 0.717) is 0 Å². The van der Waals surface area contributed by atoms with Crippen molar-refractivity contribution in [3.63, 3.8) is 0 Å². The topological polar surface area (TPSA) is 42.6 Å². The number of nitrogens with zero attached hydrogens (tertiary/aromatic N) is 4. The average molecular weight is 212 g/mol. The predicted octanol–water partition coefficient (Wildman–Crippen LogP) is 0.824. The van der Waals surface area contributed by atoms with Crippen LogP contribution in [0.1, 0.15) is 6.42 Å². The van der Waals surface area contributed by atoms with E-state index in [1.807, 2.05) is 12.4 Å². The highest BCUT2D eigenvalue weighted by atomic mass is 32.2. The number of likely N-dealkylation sites (N-methyl/N-ethyl adjacent to an activating group) is 1. The molecule has 5 heteroatoms. The molecule has 1 heterocycles. The summed E-state index contributed by atoms with van der Waals surface area (Å²) in [6.45, 7) is 4.15. The molecular formula is C9H16N4S. The molecule has 1 saturated heterocycles. The van der Waals surface area contributed by atoms with Crippen molar-refractivity contribution in [1.29, 1.82) is 5.26 Å². The molecule has 0 aromatic rings. The van der Waals surface area contributed by atoms with Gasteiger partial charge in [0.25, 0.3) is 0 Å². The van der Waals surface area contributed by atoms with Crippen LogP contribution in [0, 0.1) is 11.5 Å². The summed E-state index contributed by atoms with van der Waals surface area (Å²) < 4.78 is 0. The van der Waals surface area contributed by atoms with Gasteiger partial charge in [0.15, 0.2) is 5.17 Å². The molecule has 1 aliphatic heterocycles. The third kappa shape index (κ3) is 3.20. The third-order valence-corrected chi connectivity index (χ3v) is 3.03. The van der Waals surface area contributed by atoms with Crippen molar-refractivity contribution >= 4 is 16.9 Å². The molecule has 0 bridgehead atoms. The zero-order chi connectivity index (χ0) is 10.4. The van der Waals surface area contributed by atoms with Crippen molar-refractivity contribution in [2.45, 2.75) is 6.42 Å². The average Bonchev–Trinajstić information content (AvgIpc) is 2.40. The van der Waals surface area contributed by atoms with Crippen molar-refractivity contribution in [2.75, 3.05) is 39.5 Å². The van der Waals surface area contributed by atoms with Crippen molar-refractivity contribution in [1.82, 2.24) is 9.80 Å². The second-order valence-corrected chi connectivity index (χ2v) is 4.12. The summed E-state index contributed by atoms with van der Waals surface area (Å²) in [4.78, 5) is 8.33. The van der Waals surface area contributed by atoms with Crippen LogP contribution < -0.4 is 0 Å². The maximum atomic E-state index is 8.53. The lowest BCUT2D eigenvalue weighted by atomic mass is 10.4. The van der Waals surface area contributed by atoms with Gasteiger partial charge in [0, 0.05) is 19.6 Å². The van der Waals surface area contributed by atoms with E-state index < -0.39 is 0 Å². The van der Waals surface area contributed by atoms with E-state index in [0.717, 1.165) is 37.8 Å². The molecule has 0 amide bonds. The van der Waals surface area contributed by atoms with Crippen molar-refractivity contribution < 1.29 is 0 Å². The number of thioether (sulfide) groups is 1. The second-order valence-electron chi connectivity index (χ2n) is 3.34. The first-order chi connectivity index (χ1) is 6.77. The Balaban J connectivity index is 2.58. The molecule has 78 valence electrons. The number of amidine groups is 1. The lowest BCUT2D eigenvalue weighted by Crippen LogP contribution is -2.32. The molecule has 0 aromatic carbocycles. The molecule has 0 aliphatic carbocycles. The van der Waals surface area contributed by atoms with Crippen LogP contribution in [0.15, 0.2) is 4.99 Å². The van der Waals surface area contributed by atoms with Crippen LogP contribution in [-0.2, 0) is 0 Å². The SMILES string of the molecule is CSC(=NC#N)N1CCCN(C)CC1. The Bertz CT molecular complexity index is 246. The molecule has 1 fully saturated rings. The zero-order valence-electron chi connectivity index (χ0n) is 8.73. The molecule has 0 aromatic heterocycles. The van der Waals surface area contributed by atoms with Crippen LogP contribution in [0.5, 0.6) is 0 Å². The van der Waals surface area contributed by atoms with E-state index in [4.69, 9.17) is 5.26 Å². The summed E-state index contributed by atoms with van der Waals surface area (Å²) in [6.07, 6.45) is 4.96. The zero-order valence-corrected chi connectivity index (χ0v) is 9.55. The monoisotopic (exact) mass is 212 g/mol. The van der Waals surface area contributed by atoms with E-state index in [9.17, 15) is 0 Å². The molecule has 0 N–H and O–H groups in total. The fourth-order valence-electron chi connectivity index (χ4n) is 1.53. The largest absolute Gasteiger partial charge is 0.349 e. The fourth-order valence-corrected chi connectivity index (χ4v) is 2.10. The summed E-state index contributed by atoms with van der Waals surface area (Å²) in [5.41, 5.74) is 0. The van der Waals surface area contributed by atoms with Gasteiger partial charge in [-0.05, 0) is 26.3 Å². The second kappa shape index (κ2) is 5.89. The summed E-state index contributed by atoms with van der Waals surface area (Å²) >= 11 is 1.55. The van der Waals surface area contributed by atoms with E-state index in [1.54, 1.807) is 11.8 Å². The van der Waals surface area contributed by atoms with Crippen LogP contribution >= 0.6 is 11.8 Å². The molecule has 1 aliphatic rings. The normalized spacial score (nSPS) is 20.4. The van der Waals surface area contributed by atoms with Crippen LogP contribution in [0.4, 0.5) is 0 Å². The minimum atomic E-state index is 0.850. The third-order valence-electron chi connectivity index (χ3n) is 2.32. The van der Waals surface area contributed by atoms with Gasteiger partial charge in [-0.15, -0.1) is 4.99 Å². The highest BCUT2D eigenvalue weighted by Crippen LogP contribution is 2.09. The Morgan fingerprint density at radius 3 is 2.79 bits per heavy atom. The summed E-state index contributed by atoms with van der Waals surface area (Å²) in [7, 11) is 2.13. The van der Waals surface area contributed by atoms with Crippen molar-refractivity contribution in [3.05, 3.63) is 0 Å². The number of nitriles is 1. The minimum absolute atomic E-state index is 0.850. The summed E-state index contributed by atoms with van der Waals surface area (Å²) in [6, 6.07) is 0. The van der Waals surface area contributed by atoms with Gasteiger partial charge in [-0.2, -0.15) is 5.26 Å². The first kappa shape index (κ1) is 11.3. The lowest BCUT2D eigenvalue weighted by Gasteiger charge is -2.21. The van der Waals surface area contributed by atoms with Crippen molar-refractivity contribution in [3.8, 4) is 6.19 Å². The van der Waals surface area contributed by atoms with Gasteiger partial charge in [-0.25, -0.2) is 0 Å². The van der Waals surface area contributed by atoms with Crippen LogP contribution in [0.2, 0.25) is 0 Å². The number of rotatable bonds is 0. The maximum Gasteiger partial charge on any atom is 0.208 e. The molecule has 0 saturated carbocycles. The number of aliphatic imine (C=N–C) groups is 1. The maximum absolute atomic E-state index is 8.53. The van der Waals surface area contributed by atoms with Gasteiger partial charge in [0.05, 0.1) is 0 Å². The van der Waals surface area contributed by atoms with Crippen molar-refractivity contribution in [2.24, 2.45) is 4.99 Å². The Morgan fingerprint density at radius 2 is 2.14 bits per heavy atom. The molecule has 4 nitrogen and oxygen atoms in total. The van der Waals surface area contributed by atoms with Crippen LogP contribution in [-0.4, -0.2) is 54.4 Å². The van der Waals surface area contributed by atoms with Gasteiger partial charge < -0.3 is 9.80 Å². The van der Waals surface area contributed by atoms with E-state index in [1.165, 1.54) is 0 Å². The molecule has 1 rings (SSSR count). The highest BCUT2D eigenvalue weighted by molar-refractivity contribution is 8.13. The van der Waals surface area contributed by atoms with Gasteiger partial charge in [-0.1, -0.05) is 11.8 Å². The number of hydrogen-bond acceptors (Lipinski definition) is 4. The Morgan fingerprint density at radius 1 is 1.36 bits per heavy atom. The smallest absolute Gasteiger partial charge is 0.208 e. The summed E-state index contributed by atoms with van der Waals surface area (Å²) in [5.74, 6) is 0. The standard InChI is InChI=1S/C9H16N4S/c1-12-4-3-5-13(7-6-12)9(14-2)11-8-10/h3-7H2,1-2H3. The Hall–Kier alpha value is -0.730. The highest BCUT2D eigenvalue weighted by Gasteiger charge is 2.14. The van der Waals surface area contributed by atoms with E-state index in [-0.39, 0.29) is 0 Å². The predicted molar refractivity (Wildman–Crippen MR) is 60.3 cm³/mol. The minimum Gasteiger partial charge on any atom is -0.349 e. The Labute approximate surface area is 89.6 Å². The quantitative estimate of drug-likeness (QED) is 0.339. The lowest BCUT2D eigenvalue weighted by molar-refractivity contribution is 0.347. The Kier molecular flexibility index (Phi) is 4.77. The summed E-state index contributed by atoms with van der Waals surface area (Å²) in [5, 5.41) is 9.38. The van der Waals surface area contributed by atoms with Gasteiger partial charge in [0.2, 0.25) is 6.19 Å². The molecule has 0 spiro atoms. The first-order valence-electron chi connectivity index (χ1n) is 4.72. The van der Waals surface area contributed by atoms with E-state index >= 15 is 0 Å². The van der Waals surface area contributed by atoms with Gasteiger partial charge in [0.1, 0.15) is 0 Å². The molecule has 0 unspecified atom stereocenters. The van der Waals surface area contributed by atoms with Gasteiger partial charge in [-0.3, -0.25) is 0 Å². The first-order valence-corrected chi connectivity index (χ1v) is 5.94. The molecule has 0 radical (unpaired) electrons. The molecule has 14 heavy (non-hydrogen) atoms. The van der Waals surface area contributed by atoms with E-state index in [2.05, 4.69) is 21.8 Å². The molecular weight excluding hydrogens is 196 g/mol. The fraction of sp³-hybridized carbons (Fsp3) is 0.778.